The van der Waals surface area contributed by atoms with Gasteiger partial charge in [0.25, 0.3) is 0 Å². The molecule has 6 heteroatoms. The first-order chi connectivity index (χ1) is 47.6. The molecule has 0 amide bonds. The fraction of sp³-hybridized carbons (Fsp3) is 0.215. The molecule has 0 bridgehead atoms. The quantitative estimate of drug-likeness (QED) is 0.0593. The summed E-state index contributed by atoms with van der Waals surface area (Å²) >= 11 is 0. The van der Waals surface area contributed by atoms with Gasteiger partial charge in [0.2, 0.25) is 0 Å². The van der Waals surface area contributed by atoms with Crippen LogP contribution in [-0.2, 0) is 4.79 Å². The minimum Gasteiger partial charge on any atom is -0.426 e. The molecule has 0 radical (unpaired) electrons. The van der Waals surface area contributed by atoms with Crippen LogP contribution in [0.1, 0.15) is 119 Å². The Hall–Kier alpha value is -10.7. The van der Waals surface area contributed by atoms with Gasteiger partial charge >= 0.3 is 5.97 Å². The van der Waals surface area contributed by atoms with E-state index in [1.54, 1.807) is 0 Å². The number of hydrogen-bond donors (Lipinski definition) is 0. The lowest BCUT2D eigenvalue weighted by Crippen LogP contribution is -2.17. The monoisotopic (exact) mass is 1300 g/mol. The summed E-state index contributed by atoms with van der Waals surface area (Å²) < 4.78 is 5.78. The van der Waals surface area contributed by atoms with Crippen LogP contribution in [0.4, 0.5) is 68.2 Å². The highest BCUT2D eigenvalue weighted by atomic mass is 16.5. The molecular formula is C93H96N4O2. The van der Waals surface area contributed by atoms with Crippen molar-refractivity contribution in [1.29, 1.82) is 0 Å². The van der Waals surface area contributed by atoms with E-state index in [1.807, 2.05) is 32.9 Å². The van der Waals surface area contributed by atoms with Gasteiger partial charge in [-0.1, -0.05) is 131 Å². The molecule has 0 saturated carbocycles. The molecule has 12 aromatic carbocycles. The molecule has 0 fully saturated rings. The molecule has 0 N–H and O–H groups in total. The molecule has 0 aliphatic rings. The zero-order chi connectivity index (χ0) is 70.2. The first-order valence-corrected chi connectivity index (χ1v) is 35.1. The van der Waals surface area contributed by atoms with Gasteiger partial charge in [0, 0.05) is 68.2 Å². The van der Waals surface area contributed by atoms with Crippen LogP contribution in [0.3, 0.4) is 0 Å². The summed E-state index contributed by atoms with van der Waals surface area (Å²) in [6.07, 6.45) is 1.88. The van der Waals surface area contributed by atoms with Gasteiger partial charge in [0.15, 0.2) is 0 Å². The molecule has 0 aliphatic heterocycles. The Morgan fingerprint density at radius 1 is 0.293 bits per heavy atom. The molecule has 99 heavy (non-hydrogen) atoms. The van der Waals surface area contributed by atoms with E-state index in [-0.39, 0.29) is 11.9 Å². The fourth-order valence-corrected chi connectivity index (χ4v) is 13.5. The maximum Gasteiger partial charge on any atom is 0.314 e. The minimum absolute atomic E-state index is 0.144. The molecule has 2 unspecified atom stereocenters. The molecule has 500 valence electrons. The van der Waals surface area contributed by atoms with Crippen molar-refractivity contribution < 1.29 is 9.53 Å². The number of ether oxygens (including phenoxy) is 1. The van der Waals surface area contributed by atoms with Gasteiger partial charge in [0.05, 0.1) is 5.92 Å². The predicted molar refractivity (Wildman–Crippen MR) is 423 cm³/mol. The van der Waals surface area contributed by atoms with Crippen molar-refractivity contribution in [2.24, 2.45) is 5.92 Å². The van der Waals surface area contributed by atoms with E-state index in [9.17, 15) is 4.79 Å². The molecule has 6 nitrogen and oxygen atoms in total. The maximum atomic E-state index is 12.6. The van der Waals surface area contributed by atoms with E-state index < -0.39 is 0 Å². The summed E-state index contributed by atoms with van der Waals surface area (Å²) in [5.74, 6) is 0.802. The average molecular weight is 1300 g/mol. The molecule has 0 aromatic heterocycles. The third-order valence-electron chi connectivity index (χ3n) is 19.3. The van der Waals surface area contributed by atoms with E-state index in [0.717, 1.165) is 63.7 Å². The third-order valence-corrected chi connectivity index (χ3v) is 19.3. The summed E-state index contributed by atoms with van der Waals surface area (Å²) in [5, 5.41) is 0. The Kier molecular flexibility index (Phi) is 21.7. The minimum atomic E-state index is -0.198. The SMILES string of the molecule is CCC(C)C(=O)Oc1ccc(N(c2cccc(C)c2)c2ccc(-c3ccc(N(c4cccc(C)c4)c4cccc(C)c4)c(C)c3)cc2C)cc1C.CCC(C)c1ccc(N(c2cccc(C)c2)c2ccc(-c3ccc(N(c4cccc(C)c4)c4cccc(C)c4)c(C)c3)cc2C)cc1C. The summed E-state index contributed by atoms with van der Waals surface area (Å²) in [6.45, 7) is 34.4. The Bertz CT molecular complexity index is 4790. The smallest absolute Gasteiger partial charge is 0.314 e. The number of aryl methyl sites for hydroxylation is 12. The van der Waals surface area contributed by atoms with Crippen molar-refractivity contribution in [2.75, 3.05) is 19.6 Å². The highest BCUT2D eigenvalue weighted by Gasteiger charge is 2.23. The number of benzene rings is 12. The number of anilines is 12. The van der Waals surface area contributed by atoms with Crippen molar-refractivity contribution in [2.45, 2.75) is 130 Å². The van der Waals surface area contributed by atoms with Crippen LogP contribution in [0, 0.1) is 89.0 Å². The number of esters is 1. The lowest BCUT2D eigenvalue weighted by molar-refractivity contribution is -0.138. The zero-order valence-electron chi connectivity index (χ0n) is 60.9. The molecule has 12 aromatic rings. The molecule has 0 aliphatic carbocycles. The highest BCUT2D eigenvalue weighted by molar-refractivity contribution is 5.87. The molecular weight excluding hydrogens is 1210 g/mol. The molecule has 0 spiro atoms. The Balaban J connectivity index is 0.000000200. The van der Waals surface area contributed by atoms with Crippen LogP contribution in [0.15, 0.2) is 255 Å². The summed E-state index contributed by atoms with van der Waals surface area (Å²) in [5.41, 5.74) is 34.3. The summed E-state index contributed by atoms with van der Waals surface area (Å²) in [4.78, 5) is 22.0. The van der Waals surface area contributed by atoms with E-state index in [0.29, 0.717) is 11.7 Å². The van der Waals surface area contributed by atoms with E-state index in [4.69, 9.17) is 4.74 Å². The van der Waals surface area contributed by atoms with Crippen molar-refractivity contribution in [3.8, 4) is 28.0 Å². The second kappa shape index (κ2) is 30.8. The van der Waals surface area contributed by atoms with E-state index in [2.05, 4.69) is 352 Å². The Labute approximate surface area is 590 Å². The van der Waals surface area contributed by atoms with E-state index >= 15 is 0 Å². The van der Waals surface area contributed by atoms with Crippen LogP contribution in [-0.4, -0.2) is 5.97 Å². The second-order valence-electron chi connectivity index (χ2n) is 27.4. The predicted octanol–water partition coefficient (Wildman–Crippen LogP) is 26.8. The maximum absolute atomic E-state index is 12.6. The van der Waals surface area contributed by atoms with Gasteiger partial charge in [-0.15, -0.1) is 0 Å². The number of nitrogens with zero attached hydrogens (tertiary/aromatic N) is 4. The lowest BCUT2D eigenvalue weighted by atomic mass is 9.93. The molecule has 2 atom stereocenters. The number of rotatable bonds is 19. The second-order valence-corrected chi connectivity index (χ2v) is 27.4. The topological polar surface area (TPSA) is 39.3 Å². The highest BCUT2D eigenvalue weighted by Crippen LogP contribution is 2.45. The van der Waals surface area contributed by atoms with Gasteiger partial charge in [-0.3, -0.25) is 4.79 Å². The van der Waals surface area contributed by atoms with Gasteiger partial charge in [-0.25, -0.2) is 0 Å². The number of carbonyl (C=O) groups excluding carboxylic acids is 1. The van der Waals surface area contributed by atoms with Crippen LogP contribution >= 0.6 is 0 Å². The van der Waals surface area contributed by atoms with Gasteiger partial charge in [0.1, 0.15) is 5.75 Å². The largest absolute Gasteiger partial charge is 0.426 e. The first kappa shape index (κ1) is 69.7. The van der Waals surface area contributed by atoms with Crippen molar-refractivity contribution in [1.82, 2.24) is 0 Å². The molecule has 0 saturated heterocycles. The van der Waals surface area contributed by atoms with Crippen LogP contribution in [0.2, 0.25) is 0 Å². The zero-order valence-corrected chi connectivity index (χ0v) is 60.9. The van der Waals surface area contributed by atoms with Crippen LogP contribution in [0.5, 0.6) is 5.75 Å². The van der Waals surface area contributed by atoms with Crippen molar-refractivity contribution in [3.05, 3.63) is 327 Å². The summed E-state index contributed by atoms with van der Waals surface area (Å²) in [6, 6.07) is 92.6. The molecule has 12 rings (SSSR count). The van der Waals surface area contributed by atoms with Crippen molar-refractivity contribution in [3.63, 3.8) is 0 Å². The number of hydrogen-bond acceptors (Lipinski definition) is 6. The van der Waals surface area contributed by atoms with Crippen LogP contribution < -0.4 is 24.3 Å². The van der Waals surface area contributed by atoms with Gasteiger partial charge < -0.3 is 24.3 Å². The Morgan fingerprint density at radius 3 is 0.808 bits per heavy atom. The normalized spacial score (nSPS) is 11.7. The van der Waals surface area contributed by atoms with Crippen molar-refractivity contribution >= 4 is 74.2 Å². The molecule has 0 heterocycles. The third kappa shape index (κ3) is 16.0. The lowest BCUT2D eigenvalue weighted by Gasteiger charge is -2.29. The standard InChI is InChI=1S/C47H48N2O2.C46H48N2/c1-9-34(5)47(50)51-46-24-21-43(30-37(46)8)49(42-18-12-15-33(4)27-42)45-23-20-39(29-36(45)7)38-19-22-44(35(6)28-38)48(40-16-10-13-31(2)25-40)41-17-11-14-32(3)26-41;1-9-34(5)44-22-21-43(30-35(44)6)48(42-18-12-15-33(4)27-42)46-24-20-39(29-37(46)8)38-19-23-45(36(7)28-38)47(40-16-10-13-31(2)25-40)41-17-11-14-32(3)26-41/h10-30,34H,9H2,1-8H3;10-30,34H,9H2,1-8H3. The number of carbonyl (C=O) groups is 1. The first-order valence-electron chi connectivity index (χ1n) is 35.1. The Morgan fingerprint density at radius 2 is 0.566 bits per heavy atom. The van der Waals surface area contributed by atoms with Crippen LogP contribution in [0.25, 0.3) is 22.3 Å². The fourth-order valence-electron chi connectivity index (χ4n) is 13.5. The average Bonchev–Trinajstić information content (AvgIpc) is 0.790. The summed E-state index contributed by atoms with van der Waals surface area (Å²) in [7, 11) is 0. The van der Waals surface area contributed by atoms with E-state index in [1.165, 1.54) is 112 Å². The van der Waals surface area contributed by atoms with Gasteiger partial charge in [-0.2, -0.15) is 0 Å². The van der Waals surface area contributed by atoms with Gasteiger partial charge in [-0.05, 0) is 348 Å².